The summed E-state index contributed by atoms with van der Waals surface area (Å²) in [6.07, 6.45) is 10.1. The Bertz CT molecular complexity index is 804. The molecule has 1 saturated carbocycles. The molecule has 6 nitrogen and oxygen atoms in total. The summed E-state index contributed by atoms with van der Waals surface area (Å²) < 4.78 is 0. The van der Waals surface area contributed by atoms with Crippen molar-refractivity contribution in [1.82, 2.24) is 26.2 Å². The Morgan fingerprint density at radius 2 is 1.64 bits per heavy atom. The fourth-order valence-electron chi connectivity index (χ4n) is 4.92. The highest BCUT2D eigenvalue weighted by Crippen LogP contribution is 2.17. The summed E-state index contributed by atoms with van der Waals surface area (Å²) in [5, 5.41) is 14.0. The maximum atomic E-state index is 6.50. The number of guanidine groups is 1. The van der Waals surface area contributed by atoms with Crippen molar-refractivity contribution in [3.05, 3.63) is 47.3 Å². The highest BCUT2D eigenvalue weighted by Gasteiger charge is 2.21. The Kier molecular flexibility index (Phi) is 12.4. The van der Waals surface area contributed by atoms with Crippen molar-refractivity contribution in [2.45, 2.75) is 90.9 Å². The van der Waals surface area contributed by atoms with Crippen LogP contribution in [0.25, 0.3) is 0 Å². The standard InChI is InChI=1S/C29H49ClN6/c1-22(2)20-36(21-23(3)4)28-17-27(30)34-29(35-28)33-19-25-13-11-24(12-14-25)18-31-15-8-16-32-26-9-6-5-7-10-26/h11-14,17,22-23,26-27,31-32H,5-10,15-16,18-21H2,1-4H3,(H2,33,34,35). The van der Waals surface area contributed by atoms with Crippen LogP contribution in [0.3, 0.4) is 0 Å². The number of benzene rings is 1. The van der Waals surface area contributed by atoms with E-state index < -0.39 is 0 Å². The van der Waals surface area contributed by atoms with Crippen LogP contribution in [0, 0.1) is 11.8 Å². The molecule has 0 saturated heterocycles. The molecule has 1 aliphatic heterocycles. The summed E-state index contributed by atoms with van der Waals surface area (Å²) in [5.74, 6) is 2.92. The SMILES string of the molecule is CC(C)CN(CC(C)C)C1=CC(Cl)NC(=NCc2ccc(CNCCCNC3CCCCC3)cc2)N1. The first-order chi connectivity index (χ1) is 17.4. The summed E-state index contributed by atoms with van der Waals surface area (Å²) in [4.78, 5) is 7.16. The average Bonchev–Trinajstić information content (AvgIpc) is 2.85. The lowest BCUT2D eigenvalue weighted by atomic mass is 9.95. The molecule has 1 unspecified atom stereocenters. The fraction of sp³-hybridized carbons (Fsp3) is 0.690. The van der Waals surface area contributed by atoms with Gasteiger partial charge in [-0.3, -0.25) is 0 Å². The van der Waals surface area contributed by atoms with E-state index in [2.05, 4.69) is 78.1 Å². The molecule has 3 rings (SSSR count). The normalized spacial score (nSPS) is 19.9. The van der Waals surface area contributed by atoms with E-state index >= 15 is 0 Å². The van der Waals surface area contributed by atoms with Crippen LogP contribution in [0.1, 0.15) is 77.3 Å². The number of aliphatic imine (C=N–C) groups is 1. The molecule has 0 radical (unpaired) electrons. The van der Waals surface area contributed by atoms with Gasteiger partial charge in [0.05, 0.1) is 6.54 Å². The Hall–Kier alpha value is -1.76. The summed E-state index contributed by atoms with van der Waals surface area (Å²) in [7, 11) is 0. The first-order valence-electron chi connectivity index (χ1n) is 14.1. The number of nitrogens with zero attached hydrogens (tertiary/aromatic N) is 2. The van der Waals surface area contributed by atoms with Gasteiger partial charge in [0.15, 0.2) is 5.96 Å². The molecule has 1 aromatic rings. The molecule has 0 spiro atoms. The predicted octanol–water partition coefficient (Wildman–Crippen LogP) is 5.16. The molecule has 1 fully saturated rings. The van der Waals surface area contributed by atoms with Crippen molar-refractivity contribution in [2.24, 2.45) is 16.8 Å². The van der Waals surface area contributed by atoms with E-state index in [1.165, 1.54) is 49.7 Å². The van der Waals surface area contributed by atoms with Gasteiger partial charge in [-0.25, -0.2) is 4.99 Å². The number of halogens is 1. The van der Waals surface area contributed by atoms with Crippen molar-refractivity contribution in [3.63, 3.8) is 0 Å². The zero-order valence-electron chi connectivity index (χ0n) is 23.0. The molecule has 2 aliphatic rings. The molecule has 0 bridgehead atoms. The molecule has 1 aromatic carbocycles. The van der Waals surface area contributed by atoms with Gasteiger partial charge in [-0.1, -0.05) is 82.8 Å². The molecular weight excluding hydrogens is 468 g/mol. The van der Waals surface area contributed by atoms with E-state index in [-0.39, 0.29) is 5.50 Å². The van der Waals surface area contributed by atoms with Crippen LogP contribution in [-0.2, 0) is 13.1 Å². The van der Waals surface area contributed by atoms with Crippen LogP contribution >= 0.6 is 11.6 Å². The maximum absolute atomic E-state index is 6.50. The van der Waals surface area contributed by atoms with E-state index in [9.17, 15) is 0 Å². The molecule has 0 amide bonds. The lowest BCUT2D eigenvalue weighted by Crippen LogP contribution is -2.50. The summed E-state index contributed by atoms with van der Waals surface area (Å²) >= 11 is 6.50. The molecule has 1 aliphatic carbocycles. The first kappa shape index (κ1) is 28.8. The second-order valence-electron chi connectivity index (χ2n) is 11.2. The van der Waals surface area contributed by atoms with E-state index in [0.29, 0.717) is 18.4 Å². The number of hydrogen-bond donors (Lipinski definition) is 4. The van der Waals surface area contributed by atoms with Crippen LogP contribution in [0.4, 0.5) is 0 Å². The number of alkyl halides is 1. The minimum absolute atomic E-state index is 0.270. The summed E-state index contributed by atoms with van der Waals surface area (Å²) in [6.45, 7) is 14.6. The Balaban J connectivity index is 1.41. The smallest absolute Gasteiger partial charge is 0.198 e. The third-order valence-electron chi connectivity index (χ3n) is 6.68. The minimum atomic E-state index is -0.270. The van der Waals surface area contributed by atoms with Gasteiger partial charge in [-0.15, -0.1) is 0 Å². The molecule has 0 aromatic heterocycles. The molecule has 202 valence electrons. The highest BCUT2D eigenvalue weighted by molar-refractivity contribution is 6.23. The Morgan fingerprint density at radius 3 is 2.31 bits per heavy atom. The van der Waals surface area contributed by atoms with Crippen molar-refractivity contribution >= 4 is 17.6 Å². The maximum Gasteiger partial charge on any atom is 0.198 e. The van der Waals surface area contributed by atoms with E-state index in [1.807, 2.05) is 6.08 Å². The zero-order chi connectivity index (χ0) is 25.8. The lowest BCUT2D eigenvalue weighted by Gasteiger charge is -2.34. The number of hydrogen-bond acceptors (Lipinski definition) is 4. The van der Waals surface area contributed by atoms with E-state index in [4.69, 9.17) is 16.6 Å². The van der Waals surface area contributed by atoms with E-state index in [1.54, 1.807) is 0 Å². The number of nitrogens with one attached hydrogen (secondary N) is 4. The summed E-state index contributed by atoms with van der Waals surface area (Å²) in [5.41, 5.74) is 2.23. The van der Waals surface area contributed by atoms with Crippen molar-refractivity contribution in [1.29, 1.82) is 0 Å². The third kappa shape index (κ3) is 10.7. The van der Waals surface area contributed by atoms with Gasteiger partial charge in [0, 0.05) is 25.7 Å². The van der Waals surface area contributed by atoms with Crippen LogP contribution in [0.5, 0.6) is 0 Å². The lowest BCUT2D eigenvalue weighted by molar-refractivity contribution is 0.261. The minimum Gasteiger partial charge on any atom is -0.358 e. The monoisotopic (exact) mass is 516 g/mol. The molecule has 1 atom stereocenters. The van der Waals surface area contributed by atoms with Gasteiger partial charge in [0.1, 0.15) is 11.3 Å². The van der Waals surface area contributed by atoms with Gasteiger partial charge in [-0.05, 0) is 61.4 Å². The average molecular weight is 517 g/mol. The van der Waals surface area contributed by atoms with Gasteiger partial charge in [0.2, 0.25) is 0 Å². The fourth-order valence-corrected chi connectivity index (χ4v) is 5.15. The summed E-state index contributed by atoms with van der Waals surface area (Å²) in [6, 6.07) is 9.51. The van der Waals surface area contributed by atoms with Gasteiger partial charge >= 0.3 is 0 Å². The largest absolute Gasteiger partial charge is 0.358 e. The van der Waals surface area contributed by atoms with Crippen LogP contribution in [-0.4, -0.2) is 48.6 Å². The first-order valence-corrected chi connectivity index (χ1v) is 14.5. The topological polar surface area (TPSA) is 63.7 Å². The Labute approximate surface area is 224 Å². The van der Waals surface area contributed by atoms with Crippen LogP contribution in [0.2, 0.25) is 0 Å². The highest BCUT2D eigenvalue weighted by atomic mass is 35.5. The third-order valence-corrected chi connectivity index (χ3v) is 6.91. The quantitative estimate of drug-likeness (QED) is 0.156. The molecule has 7 heteroatoms. The Morgan fingerprint density at radius 1 is 0.972 bits per heavy atom. The van der Waals surface area contributed by atoms with Gasteiger partial charge in [0.25, 0.3) is 0 Å². The van der Waals surface area contributed by atoms with Gasteiger partial charge in [-0.2, -0.15) is 0 Å². The van der Waals surface area contributed by atoms with Crippen molar-refractivity contribution in [3.8, 4) is 0 Å². The predicted molar refractivity (Wildman–Crippen MR) is 154 cm³/mol. The van der Waals surface area contributed by atoms with Crippen LogP contribution in [0.15, 0.2) is 41.2 Å². The van der Waals surface area contributed by atoms with Crippen LogP contribution < -0.4 is 21.3 Å². The van der Waals surface area contributed by atoms with Gasteiger partial charge < -0.3 is 26.2 Å². The van der Waals surface area contributed by atoms with E-state index in [0.717, 1.165) is 50.5 Å². The second-order valence-corrected chi connectivity index (χ2v) is 11.7. The second kappa shape index (κ2) is 15.5. The molecular formula is C29H49ClN6. The van der Waals surface area contributed by atoms with Crippen molar-refractivity contribution < 1.29 is 0 Å². The zero-order valence-corrected chi connectivity index (χ0v) is 23.7. The number of rotatable bonds is 14. The molecule has 1 heterocycles. The van der Waals surface area contributed by atoms with Crippen molar-refractivity contribution in [2.75, 3.05) is 26.2 Å². The molecule has 36 heavy (non-hydrogen) atoms. The molecule has 4 N–H and O–H groups in total.